The minimum absolute atomic E-state index is 0.243. The molecule has 0 aliphatic carbocycles. The van der Waals surface area contributed by atoms with Gasteiger partial charge in [-0.25, -0.2) is 0 Å². The molecule has 3 heterocycles. The van der Waals surface area contributed by atoms with E-state index in [-0.39, 0.29) is 6.04 Å². The Morgan fingerprint density at radius 1 is 1.35 bits per heavy atom. The Bertz CT molecular complexity index is 443. The van der Waals surface area contributed by atoms with E-state index in [1.54, 1.807) is 11.3 Å². The van der Waals surface area contributed by atoms with Crippen molar-refractivity contribution >= 4 is 17.3 Å². The van der Waals surface area contributed by atoms with Crippen LogP contribution in [0.25, 0.3) is 0 Å². The van der Waals surface area contributed by atoms with Gasteiger partial charge in [-0.2, -0.15) is 0 Å². The maximum atomic E-state index is 11.3. The summed E-state index contributed by atoms with van der Waals surface area (Å²) in [6.45, 7) is 4.06. The maximum absolute atomic E-state index is 11.3. The number of hydrogen-bond donors (Lipinski definition) is 1. The first kappa shape index (κ1) is 14.0. The SMILES string of the molecule is O=C(O)C1CCCN1C1CCN(Cc2cncs2)CC1. The van der Waals surface area contributed by atoms with Gasteiger partial charge in [0.1, 0.15) is 6.04 Å². The van der Waals surface area contributed by atoms with Crippen molar-refractivity contribution in [1.29, 1.82) is 0 Å². The third kappa shape index (κ3) is 3.02. The molecule has 1 aromatic rings. The van der Waals surface area contributed by atoms with E-state index in [9.17, 15) is 9.90 Å². The van der Waals surface area contributed by atoms with Crippen molar-refractivity contribution in [1.82, 2.24) is 14.8 Å². The smallest absolute Gasteiger partial charge is 0.320 e. The van der Waals surface area contributed by atoms with Crippen LogP contribution in [0.5, 0.6) is 0 Å². The lowest BCUT2D eigenvalue weighted by atomic mass is 10.0. The number of carboxylic acids is 1. The van der Waals surface area contributed by atoms with Crippen LogP contribution < -0.4 is 0 Å². The van der Waals surface area contributed by atoms with Gasteiger partial charge in [-0.15, -0.1) is 11.3 Å². The number of hydrogen-bond acceptors (Lipinski definition) is 5. The Morgan fingerprint density at radius 2 is 2.15 bits per heavy atom. The largest absolute Gasteiger partial charge is 0.480 e. The molecule has 0 aromatic carbocycles. The maximum Gasteiger partial charge on any atom is 0.320 e. The molecule has 1 unspecified atom stereocenters. The molecule has 110 valence electrons. The summed E-state index contributed by atoms with van der Waals surface area (Å²) in [5.41, 5.74) is 1.88. The summed E-state index contributed by atoms with van der Waals surface area (Å²) >= 11 is 1.71. The normalized spacial score (nSPS) is 26.1. The Balaban J connectivity index is 1.52. The van der Waals surface area contributed by atoms with Crippen LogP contribution in [-0.2, 0) is 11.3 Å². The van der Waals surface area contributed by atoms with Gasteiger partial charge >= 0.3 is 5.97 Å². The second-order valence-electron chi connectivity index (χ2n) is 5.71. The number of rotatable bonds is 4. The molecule has 1 N–H and O–H groups in total. The molecule has 20 heavy (non-hydrogen) atoms. The summed E-state index contributed by atoms with van der Waals surface area (Å²) in [7, 11) is 0. The summed E-state index contributed by atoms with van der Waals surface area (Å²) in [5, 5.41) is 9.28. The number of piperidine rings is 1. The van der Waals surface area contributed by atoms with Gasteiger partial charge in [0.15, 0.2) is 0 Å². The molecule has 0 spiro atoms. The molecule has 2 aliphatic heterocycles. The quantitative estimate of drug-likeness (QED) is 0.915. The van der Waals surface area contributed by atoms with Crippen molar-refractivity contribution in [2.45, 2.75) is 44.3 Å². The van der Waals surface area contributed by atoms with E-state index in [4.69, 9.17) is 0 Å². The lowest BCUT2D eigenvalue weighted by Crippen LogP contribution is -2.48. The highest BCUT2D eigenvalue weighted by Gasteiger charge is 2.36. The number of aromatic nitrogens is 1. The number of carbonyl (C=O) groups is 1. The van der Waals surface area contributed by atoms with Gasteiger partial charge in [-0.3, -0.25) is 19.6 Å². The molecule has 5 nitrogen and oxygen atoms in total. The zero-order valence-electron chi connectivity index (χ0n) is 11.6. The number of nitrogens with zero attached hydrogens (tertiary/aromatic N) is 3. The van der Waals surface area contributed by atoms with Crippen molar-refractivity contribution in [3.63, 3.8) is 0 Å². The van der Waals surface area contributed by atoms with E-state index in [1.165, 1.54) is 4.88 Å². The zero-order valence-corrected chi connectivity index (χ0v) is 12.4. The number of carboxylic acid groups (broad SMARTS) is 1. The predicted octanol–water partition coefficient (Wildman–Crippen LogP) is 1.66. The minimum Gasteiger partial charge on any atom is -0.480 e. The highest BCUT2D eigenvalue weighted by atomic mass is 32.1. The molecule has 2 fully saturated rings. The van der Waals surface area contributed by atoms with E-state index >= 15 is 0 Å². The fourth-order valence-electron chi connectivity index (χ4n) is 3.44. The van der Waals surface area contributed by atoms with Gasteiger partial charge in [-0.05, 0) is 32.2 Å². The molecule has 1 atom stereocenters. The topological polar surface area (TPSA) is 56.7 Å². The fraction of sp³-hybridized carbons (Fsp3) is 0.714. The molecule has 0 radical (unpaired) electrons. The summed E-state index contributed by atoms with van der Waals surface area (Å²) < 4.78 is 0. The Labute approximate surface area is 123 Å². The fourth-order valence-corrected chi connectivity index (χ4v) is 4.08. The standard InChI is InChI=1S/C14H21N3O2S/c18-14(19)13-2-1-5-17(13)11-3-6-16(7-4-11)9-12-8-15-10-20-12/h8,10-11,13H,1-7,9H2,(H,18,19). The van der Waals surface area contributed by atoms with Gasteiger partial charge in [0.05, 0.1) is 5.51 Å². The predicted molar refractivity (Wildman–Crippen MR) is 77.8 cm³/mol. The molecule has 0 saturated carbocycles. The van der Waals surface area contributed by atoms with Crippen LogP contribution in [-0.4, -0.2) is 57.6 Å². The third-order valence-corrected chi connectivity index (χ3v) is 5.23. The molecular formula is C14H21N3O2S. The molecule has 0 bridgehead atoms. The molecule has 1 aromatic heterocycles. The summed E-state index contributed by atoms with van der Waals surface area (Å²) in [6, 6.07) is 0.212. The first-order chi connectivity index (χ1) is 9.74. The van der Waals surface area contributed by atoms with Crippen LogP contribution in [0, 0.1) is 0 Å². The summed E-state index contributed by atoms with van der Waals surface area (Å²) in [5.74, 6) is -0.644. The highest BCUT2D eigenvalue weighted by Crippen LogP contribution is 2.26. The molecule has 2 saturated heterocycles. The zero-order chi connectivity index (χ0) is 13.9. The van der Waals surface area contributed by atoms with Crippen molar-refractivity contribution in [2.24, 2.45) is 0 Å². The van der Waals surface area contributed by atoms with Crippen molar-refractivity contribution in [3.05, 3.63) is 16.6 Å². The van der Waals surface area contributed by atoms with E-state index in [0.29, 0.717) is 6.04 Å². The average Bonchev–Trinajstić information content (AvgIpc) is 3.10. The van der Waals surface area contributed by atoms with Gasteiger partial charge in [0.25, 0.3) is 0 Å². The third-order valence-electron chi connectivity index (χ3n) is 4.47. The number of aliphatic carboxylic acids is 1. The lowest BCUT2D eigenvalue weighted by molar-refractivity contribution is -0.143. The number of likely N-dealkylation sites (tertiary alicyclic amines) is 2. The Kier molecular flexibility index (Phi) is 4.33. The highest BCUT2D eigenvalue weighted by molar-refractivity contribution is 7.09. The molecule has 3 rings (SSSR count). The van der Waals surface area contributed by atoms with Crippen molar-refractivity contribution < 1.29 is 9.90 Å². The van der Waals surface area contributed by atoms with Gasteiger partial charge in [-0.1, -0.05) is 0 Å². The lowest BCUT2D eigenvalue weighted by Gasteiger charge is -2.38. The Hall–Kier alpha value is -0.980. The average molecular weight is 295 g/mol. The monoisotopic (exact) mass is 295 g/mol. The van der Waals surface area contributed by atoms with Crippen molar-refractivity contribution in [3.8, 4) is 0 Å². The summed E-state index contributed by atoms with van der Waals surface area (Å²) in [4.78, 5) is 21.4. The number of thiazole rings is 1. The van der Waals surface area contributed by atoms with Gasteiger partial charge in [0, 0.05) is 36.8 Å². The van der Waals surface area contributed by atoms with E-state index < -0.39 is 5.97 Å². The Morgan fingerprint density at radius 3 is 2.80 bits per heavy atom. The van der Waals surface area contributed by atoms with E-state index in [1.807, 2.05) is 11.7 Å². The minimum atomic E-state index is -0.644. The van der Waals surface area contributed by atoms with Crippen LogP contribution >= 0.6 is 11.3 Å². The van der Waals surface area contributed by atoms with E-state index in [0.717, 1.165) is 51.9 Å². The van der Waals surface area contributed by atoms with Gasteiger partial charge < -0.3 is 5.11 Å². The summed E-state index contributed by atoms with van der Waals surface area (Å²) in [6.07, 6.45) is 5.96. The molecular weight excluding hydrogens is 274 g/mol. The van der Waals surface area contributed by atoms with Crippen LogP contribution in [0.3, 0.4) is 0 Å². The van der Waals surface area contributed by atoms with Crippen LogP contribution in [0.1, 0.15) is 30.6 Å². The second-order valence-corrected chi connectivity index (χ2v) is 6.68. The first-order valence-corrected chi connectivity index (χ1v) is 8.20. The van der Waals surface area contributed by atoms with Crippen molar-refractivity contribution in [2.75, 3.05) is 19.6 Å². The van der Waals surface area contributed by atoms with E-state index in [2.05, 4.69) is 14.8 Å². The van der Waals surface area contributed by atoms with Crippen LogP contribution in [0.15, 0.2) is 11.7 Å². The van der Waals surface area contributed by atoms with Gasteiger partial charge in [0.2, 0.25) is 0 Å². The van der Waals surface area contributed by atoms with Crippen LogP contribution in [0.4, 0.5) is 0 Å². The molecule has 6 heteroatoms. The molecule has 2 aliphatic rings. The first-order valence-electron chi connectivity index (χ1n) is 7.32. The molecule has 0 amide bonds. The second kappa shape index (κ2) is 6.20. The van der Waals surface area contributed by atoms with Crippen LogP contribution in [0.2, 0.25) is 0 Å².